The first-order chi connectivity index (χ1) is 6.81. The maximum absolute atomic E-state index is 10.7. The van der Waals surface area contributed by atoms with Gasteiger partial charge in [0.05, 0.1) is 12.7 Å². The molecule has 1 aromatic rings. The number of hydrogen-bond acceptors (Lipinski definition) is 3. The average molecular weight is 190 g/mol. The van der Waals surface area contributed by atoms with Gasteiger partial charge in [-0.3, -0.25) is 4.79 Å². The molecule has 3 heteroatoms. The summed E-state index contributed by atoms with van der Waals surface area (Å²) in [6.07, 6.45) is 5.74. The molecule has 0 aliphatic heterocycles. The van der Waals surface area contributed by atoms with Crippen LogP contribution in [0.3, 0.4) is 0 Å². The second kappa shape index (κ2) is 4.93. The number of methoxy groups -OCH3 is 1. The summed E-state index contributed by atoms with van der Waals surface area (Å²) in [6.45, 7) is 0.146. The minimum absolute atomic E-state index is 0.146. The van der Waals surface area contributed by atoms with Crippen LogP contribution in [0.25, 0.3) is 0 Å². The Morgan fingerprint density at radius 1 is 1.57 bits per heavy atom. The molecule has 0 fully saturated rings. The molecule has 0 aliphatic rings. The number of carbonyl (C=O) groups excluding carboxylic acids is 1. The van der Waals surface area contributed by atoms with Gasteiger partial charge in [-0.05, 0) is 18.2 Å². The second-order valence-corrected chi connectivity index (χ2v) is 2.51. The fourth-order valence-corrected chi connectivity index (χ4v) is 0.996. The van der Waals surface area contributed by atoms with Gasteiger partial charge < -0.3 is 9.47 Å². The van der Waals surface area contributed by atoms with E-state index < -0.39 is 0 Å². The Labute approximate surface area is 82.6 Å². The van der Waals surface area contributed by atoms with Crippen molar-refractivity contribution in [1.29, 1.82) is 0 Å². The summed E-state index contributed by atoms with van der Waals surface area (Å²) in [5, 5.41) is 0. The van der Waals surface area contributed by atoms with Crippen LogP contribution in [0.1, 0.15) is 10.4 Å². The van der Waals surface area contributed by atoms with E-state index in [1.54, 1.807) is 18.2 Å². The number of ether oxygens (including phenoxy) is 2. The van der Waals surface area contributed by atoms with Crippen molar-refractivity contribution in [2.24, 2.45) is 0 Å². The Morgan fingerprint density at radius 3 is 2.93 bits per heavy atom. The zero-order chi connectivity index (χ0) is 10.4. The van der Waals surface area contributed by atoms with Crippen LogP contribution < -0.4 is 9.47 Å². The molecule has 3 nitrogen and oxygen atoms in total. The van der Waals surface area contributed by atoms with Gasteiger partial charge in [0.15, 0.2) is 6.29 Å². The third-order valence-corrected chi connectivity index (χ3v) is 1.65. The third kappa shape index (κ3) is 2.27. The standard InChI is InChI=1S/C11H10O3/c1-3-6-14-11-5-4-10(13-2)7-9(11)8-12/h1,4-5,7-8H,6H2,2H3. The number of rotatable bonds is 4. The highest BCUT2D eigenvalue weighted by molar-refractivity contribution is 5.80. The lowest BCUT2D eigenvalue weighted by molar-refractivity contribution is 0.112. The van der Waals surface area contributed by atoms with Crippen molar-refractivity contribution in [2.75, 3.05) is 13.7 Å². The summed E-state index contributed by atoms with van der Waals surface area (Å²) < 4.78 is 10.1. The lowest BCUT2D eigenvalue weighted by atomic mass is 10.2. The monoisotopic (exact) mass is 190 g/mol. The van der Waals surface area contributed by atoms with Gasteiger partial charge in [-0.15, -0.1) is 6.42 Å². The lowest BCUT2D eigenvalue weighted by Gasteiger charge is -2.06. The fourth-order valence-electron chi connectivity index (χ4n) is 0.996. The molecule has 0 bridgehead atoms. The van der Waals surface area contributed by atoms with Crippen molar-refractivity contribution in [2.45, 2.75) is 0 Å². The molecule has 14 heavy (non-hydrogen) atoms. The Kier molecular flexibility index (Phi) is 3.57. The molecule has 0 spiro atoms. The second-order valence-electron chi connectivity index (χ2n) is 2.51. The van der Waals surface area contributed by atoms with E-state index in [2.05, 4.69) is 5.92 Å². The number of benzene rings is 1. The first-order valence-electron chi connectivity index (χ1n) is 4.01. The zero-order valence-electron chi connectivity index (χ0n) is 7.82. The first-order valence-corrected chi connectivity index (χ1v) is 4.01. The van der Waals surface area contributed by atoms with Crippen LogP contribution in [-0.2, 0) is 0 Å². The number of terminal acetylenes is 1. The van der Waals surface area contributed by atoms with Crippen molar-refractivity contribution in [3.8, 4) is 23.8 Å². The quantitative estimate of drug-likeness (QED) is 0.533. The van der Waals surface area contributed by atoms with E-state index in [-0.39, 0.29) is 6.61 Å². The summed E-state index contributed by atoms with van der Waals surface area (Å²) in [5.41, 5.74) is 0.430. The summed E-state index contributed by atoms with van der Waals surface area (Å²) in [5.74, 6) is 3.41. The van der Waals surface area contributed by atoms with E-state index in [0.29, 0.717) is 23.3 Å². The van der Waals surface area contributed by atoms with Crippen LogP contribution in [0.5, 0.6) is 11.5 Å². The Morgan fingerprint density at radius 2 is 2.36 bits per heavy atom. The highest BCUT2D eigenvalue weighted by Crippen LogP contribution is 2.22. The molecule has 0 radical (unpaired) electrons. The van der Waals surface area contributed by atoms with Crippen LogP contribution in [0.15, 0.2) is 18.2 Å². The normalized spacial score (nSPS) is 8.86. The van der Waals surface area contributed by atoms with E-state index in [1.807, 2.05) is 0 Å². The van der Waals surface area contributed by atoms with Gasteiger partial charge >= 0.3 is 0 Å². The zero-order valence-corrected chi connectivity index (χ0v) is 7.82. The van der Waals surface area contributed by atoms with E-state index >= 15 is 0 Å². The smallest absolute Gasteiger partial charge is 0.153 e. The van der Waals surface area contributed by atoms with E-state index in [9.17, 15) is 4.79 Å². The minimum atomic E-state index is 0.146. The van der Waals surface area contributed by atoms with Gasteiger partial charge in [0.25, 0.3) is 0 Å². The third-order valence-electron chi connectivity index (χ3n) is 1.65. The predicted molar refractivity (Wildman–Crippen MR) is 52.7 cm³/mol. The van der Waals surface area contributed by atoms with Gasteiger partial charge in [0.1, 0.15) is 18.1 Å². The van der Waals surface area contributed by atoms with E-state index in [1.165, 1.54) is 7.11 Å². The van der Waals surface area contributed by atoms with E-state index in [0.717, 1.165) is 0 Å². The van der Waals surface area contributed by atoms with Crippen LogP contribution in [-0.4, -0.2) is 20.0 Å². The highest BCUT2D eigenvalue weighted by Gasteiger charge is 2.03. The molecule has 72 valence electrons. The summed E-state index contributed by atoms with van der Waals surface area (Å²) in [4.78, 5) is 10.7. The maximum Gasteiger partial charge on any atom is 0.153 e. The summed E-state index contributed by atoms with van der Waals surface area (Å²) >= 11 is 0. The highest BCUT2D eigenvalue weighted by atomic mass is 16.5. The molecule has 0 atom stereocenters. The lowest BCUT2D eigenvalue weighted by Crippen LogP contribution is -1.97. The number of aldehydes is 1. The SMILES string of the molecule is C#CCOc1ccc(OC)cc1C=O. The molecule has 0 amide bonds. The van der Waals surface area contributed by atoms with Gasteiger partial charge in [0.2, 0.25) is 0 Å². The minimum Gasteiger partial charge on any atom is -0.497 e. The number of carbonyl (C=O) groups is 1. The molecule has 0 saturated heterocycles. The van der Waals surface area contributed by atoms with Crippen LogP contribution in [0.4, 0.5) is 0 Å². The van der Waals surface area contributed by atoms with Crippen molar-refractivity contribution in [1.82, 2.24) is 0 Å². The Bertz CT molecular complexity index is 363. The topological polar surface area (TPSA) is 35.5 Å². The van der Waals surface area contributed by atoms with Gasteiger partial charge in [0, 0.05) is 0 Å². The predicted octanol–water partition coefficient (Wildman–Crippen LogP) is 1.52. The van der Waals surface area contributed by atoms with Crippen molar-refractivity contribution >= 4 is 6.29 Å². The Balaban J connectivity index is 2.94. The summed E-state index contributed by atoms with van der Waals surface area (Å²) in [6, 6.07) is 4.96. The molecular weight excluding hydrogens is 180 g/mol. The fraction of sp³-hybridized carbons (Fsp3) is 0.182. The van der Waals surface area contributed by atoms with Gasteiger partial charge in [-0.25, -0.2) is 0 Å². The van der Waals surface area contributed by atoms with Crippen LogP contribution in [0, 0.1) is 12.3 Å². The largest absolute Gasteiger partial charge is 0.497 e. The molecule has 0 aromatic heterocycles. The average Bonchev–Trinajstić information content (AvgIpc) is 2.26. The van der Waals surface area contributed by atoms with Gasteiger partial charge in [-0.1, -0.05) is 5.92 Å². The van der Waals surface area contributed by atoms with Crippen molar-refractivity contribution < 1.29 is 14.3 Å². The molecular formula is C11H10O3. The molecule has 0 N–H and O–H groups in total. The molecule has 0 aliphatic carbocycles. The Hall–Kier alpha value is -1.95. The number of hydrogen-bond donors (Lipinski definition) is 0. The van der Waals surface area contributed by atoms with Gasteiger partial charge in [-0.2, -0.15) is 0 Å². The molecule has 1 rings (SSSR count). The van der Waals surface area contributed by atoms with Crippen molar-refractivity contribution in [3.05, 3.63) is 23.8 Å². The van der Waals surface area contributed by atoms with E-state index in [4.69, 9.17) is 15.9 Å². The molecule has 0 heterocycles. The maximum atomic E-state index is 10.7. The summed E-state index contributed by atoms with van der Waals surface area (Å²) in [7, 11) is 1.53. The first kappa shape index (κ1) is 10.1. The van der Waals surface area contributed by atoms with Crippen molar-refractivity contribution in [3.63, 3.8) is 0 Å². The molecule has 1 aromatic carbocycles. The van der Waals surface area contributed by atoms with Crippen LogP contribution in [0.2, 0.25) is 0 Å². The molecule has 0 unspecified atom stereocenters. The van der Waals surface area contributed by atoms with Crippen LogP contribution >= 0.6 is 0 Å². The molecule has 0 saturated carbocycles.